The molecule has 0 aromatic heterocycles. The molecule has 0 bridgehead atoms. The zero-order valence-electron chi connectivity index (χ0n) is 12.1. The maximum atomic E-state index is 12.4. The number of likely N-dealkylation sites (tertiary alicyclic amines) is 1. The molecule has 1 aromatic carbocycles. The number of hydrogen-bond acceptors (Lipinski definition) is 1. The van der Waals surface area contributed by atoms with Crippen LogP contribution >= 0.6 is 0 Å². The highest BCUT2D eigenvalue weighted by Crippen LogP contribution is 2.35. The maximum Gasteiger partial charge on any atom is 0.317 e. The van der Waals surface area contributed by atoms with Crippen LogP contribution in [0, 0.1) is 5.92 Å². The molecule has 1 saturated carbocycles. The van der Waals surface area contributed by atoms with Crippen LogP contribution in [0.2, 0.25) is 0 Å². The largest absolute Gasteiger partial charge is 0.331 e. The van der Waals surface area contributed by atoms with Crippen molar-refractivity contribution in [2.75, 3.05) is 13.1 Å². The number of carbonyl (C=O) groups excluding carboxylic acids is 1. The highest BCUT2D eigenvalue weighted by Gasteiger charge is 2.29. The Bertz CT molecular complexity index is 434. The summed E-state index contributed by atoms with van der Waals surface area (Å²) >= 11 is 0. The number of nitrogens with one attached hydrogen (secondary N) is 1. The molecule has 108 valence electrons. The van der Waals surface area contributed by atoms with E-state index in [1.165, 1.54) is 31.2 Å². The lowest BCUT2D eigenvalue weighted by molar-refractivity contribution is 0.199. The van der Waals surface area contributed by atoms with Crippen LogP contribution in [0.15, 0.2) is 30.3 Å². The molecule has 1 atom stereocenters. The average molecular weight is 272 g/mol. The molecule has 1 unspecified atom stereocenters. The number of hydrogen-bond donors (Lipinski definition) is 1. The van der Waals surface area contributed by atoms with E-state index in [1.54, 1.807) is 0 Å². The number of urea groups is 1. The Morgan fingerprint density at radius 2 is 1.70 bits per heavy atom. The van der Waals surface area contributed by atoms with Gasteiger partial charge in [-0.1, -0.05) is 43.2 Å². The first-order valence-corrected chi connectivity index (χ1v) is 7.95. The molecule has 3 rings (SSSR count). The van der Waals surface area contributed by atoms with Crippen LogP contribution in [0.4, 0.5) is 4.79 Å². The maximum absolute atomic E-state index is 12.4. The Labute approximate surface area is 121 Å². The second kappa shape index (κ2) is 6.29. The minimum absolute atomic E-state index is 0.128. The lowest BCUT2D eigenvalue weighted by atomic mass is 9.92. The topological polar surface area (TPSA) is 32.3 Å². The summed E-state index contributed by atoms with van der Waals surface area (Å²) in [5, 5.41) is 3.30. The lowest BCUT2D eigenvalue weighted by Crippen LogP contribution is -2.41. The normalized spacial score (nSPS) is 21.1. The van der Waals surface area contributed by atoms with Crippen molar-refractivity contribution in [3.8, 4) is 0 Å². The van der Waals surface area contributed by atoms with Gasteiger partial charge in [0.15, 0.2) is 0 Å². The van der Waals surface area contributed by atoms with Gasteiger partial charge in [-0.3, -0.25) is 0 Å². The number of nitrogens with zero attached hydrogens (tertiary/aromatic N) is 1. The van der Waals surface area contributed by atoms with Gasteiger partial charge in [0, 0.05) is 13.1 Å². The molecule has 1 aromatic rings. The van der Waals surface area contributed by atoms with Crippen LogP contribution in [0.5, 0.6) is 0 Å². The van der Waals surface area contributed by atoms with Gasteiger partial charge in [0.1, 0.15) is 0 Å². The van der Waals surface area contributed by atoms with Crippen molar-refractivity contribution in [2.45, 2.75) is 44.6 Å². The van der Waals surface area contributed by atoms with E-state index < -0.39 is 0 Å². The monoisotopic (exact) mass is 272 g/mol. The summed E-state index contributed by atoms with van der Waals surface area (Å²) in [5.41, 5.74) is 1.26. The minimum atomic E-state index is 0.128. The van der Waals surface area contributed by atoms with Crippen molar-refractivity contribution < 1.29 is 4.79 Å². The van der Waals surface area contributed by atoms with E-state index in [1.807, 2.05) is 11.0 Å². The van der Waals surface area contributed by atoms with E-state index in [4.69, 9.17) is 0 Å². The SMILES string of the molecule is O=C(NC(c1ccccc1)C1CCCC1)N1CCCC1. The second-order valence-corrected chi connectivity index (χ2v) is 6.08. The molecule has 3 heteroatoms. The Hall–Kier alpha value is -1.51. The van der Waals surface area contributed by atoms with E-state index >= 15 is 0 Å². The highest BCUT2D eigenvalue weighted by molar-refractivity contribution is 5.75. The quantitative estimate of drug-likeness (QED) is 0.893. The molecule has 0 spiro atoms. The second-order valence-electron chi connectivity index (χ2n) is 6.08. The molecule has 2 aliphatic rings. The van der Waals surface area contributed by atoms with Crippen LogP contribution in [-0.2, 0) is 0 Å². The fraction of sp³-hybridized carbons (Fsp3) is 0.588. The van der Waals surface area contributed by atoms with Crippen molar-refractivity contribution in [1.29, 1.82) is 0 Å². The van der Waals surface area contributed by atoms with E-state index in [2.05, 4.69) is 29.6 Å². The van der Waals surface area contributed by atoms with Crippen LogP contribution in [0.25, 0.3) is 0 Å². The summed E-state index contributed by atoms with van der Waals surface area (Å²) < 4.78 is 0. The van der Waals surface area contributed by atoms with Crippen molar-refractivity contribution in [3.05, 3.63) is 35.9 Å². The molecule has 2 amide bonds. The van der Waals surface area contributed by atoms with Crippen LogP contribution < -0.4 is 5.32 Å². The van der Waals surface area contributed by atoms with Crippen molar-refractivity contribution in [1.82, 2.24) is 10.2 Å². The van der Waals surface area contributed by atoms with Gasteiger partial charge in [0.25, 0.3) is 0 Å². The Kier molecular flexibility index (Phi) is 4.24. The molecule has 1 aliphatic carbocycles. The third kappa shape index (κ3) is 2.97. The molecular weight excluding hydrogens is 248 g/mol. The van der Waals surface area contributed by atoms with Gasteiger partial charge in [-0.2, -0.15) is 0 Å². The summed E-state index contributed by atoms with van der Waals surface area (Å²) in [4.78, 5) is 14.4. The van der Waals surface area contributed by atoms with E-state index in [-0.39, 0.29) is 12.1 Å². The van der Waals surface area contributed by atoms with Crippen LogP contribution in [0.1, 0.15) is 50.1 Å². The predicted octanol–water partition coefficient (Wildman–Crippen LogP) is 3.72. The predicted molar refractivity (Wildman–Crippen MR) is 80.5 cm³/mol. The minimum Gasteiger partial charge on any atom is -0.331 e. The van der Waals surface area contributed by atoms with Crippen LogP contribution in [-0.4, -0.2) is 24.0 Å². The van der Waals surface area contributed by atoms with Gasteiger partial charge in [-0.05, 0) is 37.2 Å². The van der Waals surface area contributed by atoms with Gasteiger partial charge < -0.3 is 10.2 Å². The lowest BCUT2D eigenvalue weighted by Gasteiger charge is -2.28. The third-order valence-corrected chi connectivity index (χ3v) is 4.70. The molecule has 1 heterocycles. The summed E-state index contributed by atoms with van der Waals surface area (Å²) in [5.74, 6) is 0.601. The van der Waals surface area contributed by atoms with E-state index in [9.17, 15) is 4.79 Å². The number of carbonyl (C=O) groups is 1. The molecule has 0 radical (unpaired) electrons. The van der Waals surface area contributed by atoms with Crippen molar-refractivity contribution in [3.63, 3.8) is 0 Å². The Morgan fingerprint density at radius 1 is 1.05 bits per heavy atom. The van der Waals surface area contributed by atoms with E-state index in [0.717, 1.165) is 25.9 Å². The molecule has 3 nitrogen and oxygen atoms in total. The summed E-state index contributed by atoms with van der Waals surface area (Å²) in [6.07, 6.45) is 7.36. The van der Waals surface area contributed by atoms with E-state index in [0.29, 0.717) is 5.92 Å². The summed E-state index contributed by atoms with van der Waals surface area (Å²) in [6.45, 7) is 1.83. The zero-order chi connectivity index (χ0) is 13.8. The van der Waals surface area contributed by atoms with Gasteiger partial charge in [0.05, 0.1) is 6.04 Å². The fourth-order valence-corrected chi connectivity index (χ4v) is 3.57. The van der Waals surface area contributed by atoms with Crippen LogP contribution in [0.3, 0.4) is 0 Å². The summed E-state index contributed by atoms with van der Waals surface area (Å²) in [6, 6.07) is 10.8. The zero-order valence-corrected chi connectivity index (χ0v) is 12.1. The molecular formula is C17H24N2O. The standard InChI is InChI=1S/C17H24N2O/c20-17(19-12-6-7-13-19)18-16(15-10-4-5-11-15)14-8-2-1-3-9-14/h1-3,8-9,15-16H,4-7,10-13H2,(H,18,20). The third-order valence-electron chi connectivity index (χ3n) is 4.70. The fourth-order valence-electron chi connectivity index (χ4n) is 3.57. The first-order chi connectivity index (χ1) is 9.84. The van der Waals surface area contributed by atoms with Crippen molar-refractivity contribution >= 4 is 6.03 Å². The van der Waals surface area contributed by atoms with Gasteiger partial charge >= 0.3 is 6.03 Å². The van der Waals surface area contributed by atoms with Crippen molar-refractivity contribution in [2.24, 2.45) is 5.92 Å². The number of amides is 2. The molecule has 1 aliphatic heterocycles. The van der Waals surface area contributed by atoms with Gasteiger partial charge in [-0.25, -0.2) is 4.79 Å². The molecule has 20 heavy (non-hydrogen) atoms. The first-order valence-electron chi connectivity index (χ1n) is 7.95. The molecule has 2 fully saturated rings. The average Bonchev–Trinajstić information content (AvgIpc) is 3.18. The Morgan fingerprint density at radius 3 is 2.35 bits per heavy atom. The molecule has 1 N–H and O–H groups in total. The smallest absolute Gasteiger partial charge is 0.317 e. The van der Waals surface area contributed by atoms with Gasteiger partial charge in [0.2, 0.25) is 0 Å². The number of rotatable bonds is 3. The summed E-state index contributed by atoms with van der Waals surface area (Å²) in [7, 11) is 0. The Balaban J connectivity index is 1.73. The highest BCUT2D eigenvalue weighted by atomic mass is 16.2. The molecule has 1 saturated heterocycles. The first kappa shape index (κ1) is 13.5. The van der Waals surface area contributed by atoms with Gasteiger partial charge in [-0.15, -0.1) is 0 Å². The number of benzene rings is 1.